The number of carbonyl (C=O) groups excluding carboxylic acids is 3. The molecule has 2 aliphatic rings. The first-order valence-corrected chi connectivity index (χ1v) is 13.0. The summed E-state index contributed by atoms with van der Waals surface area (Å²) in [6, 6.07) is 4.55. The molecule has 212 valence electrons. The van der Waals surface area contributed by atoms with E-state index < -0.39 is 30.0 Å². The first kappa shape index (κ1) is 27.0. The van der Waals surface area contributed by atoms with Crippen LogP contribution in [0, 0.1) is 5.82 Å². The molecule has 0 aliphatic carbocycles. The van der Waals surface area contributed by atoms with Crippen LogP contribution in [-0.4, -0.2) is 87.0 Å². The summed E-state index contributed by atoms with van der Waals surface area (Å²) in [4.78, 5) is 40.1. The second-order valence-corrected chi connectivity index (χ2v) is 9.28. The number of ether oxygens (including phenoxy) is 3. The average molecular weight is 557 g/mol. The van der Waals surface area contributed by atoms with Gasteiger partial charge in [-0.1, -0.05) is 10.4 Å². The van der Waals surface area contributed by atoms with Crippen molar-refractivity contribution in [3.8, 4) is 0 Å². The highest BCUT2D eigenvalue weighted by Gasteiger charge is 2.34. The number of cyclic esters (lactones) is 1. The van der Waals surface area contributed by atoms with E-state index in [9.17, 15) is 14.4 Å². The average Bonchev–Trinajstić information content (AvgIpc) is 3.69. The van der Waals surface area contributed by atoms with Crippen molar-refractivity contribution >= 4 is 29.4 Å². The molecule has 1 aromatic carbocycles. The van der Waals surface area contributed by atoms with E-state index in [-0.39, 0.29) is 38.0 Å². The van der Waals surface area contributed by atoms with E-state index in [4.69, 9.17) is 14.2 Å². The van der Waals surface area contributed by atoms with Gasteiger partial charge in [0, 0.05) is 13.1 Å². The Hall–Kier alpha value is -4.56. The number of halogens is 1. The maximum absolute atomic E-state index is 15.3. The minimum absolute atomic E-state index is 0.0638. The van der Waals surface area contributed by atoms with Gasteiger partial charge in [-0.3, -0.25) is 4.90 Å². The molecule has 0 N–H and O–H groups in total. The molecule has 0 saturated carbocycles. The summed E-state index contributed by atoms with van der Waals surface area (Å²) in [6.07, 6.45) is 2.69. The molecular weight excluding hydrogens is 527 g/mol. The highest BCUT2D eigenvalue weighted by molar-refractivity contribution is 5.90. The number of anilines is 2. The van der Waals surface area contributed by atoms with E-state index in [1.54, 1.807) is 30.7 Å². The van der Waals surface area contributed by atoms with Crippen LogP contribution in [0.1, 0.15) is 53.7 Å². The second kappa shape index (κ2) is 11.7. The first-order chi connectivity index (χ1) is 19.4. The summed E-state index contributed by atoms with van der Waals surface area (Å²) < 4.78 is 33.7. The van der Waals surface area contributed by atoms with Gasteiger partial charge in [0.15, 0.2) is 11.4 Å². The van der Waals surface area contributed by atoms with Crippen LogP contribution in [0.15, 0.2) is 30.6 Å². The smallest absolute Gasteiger partial charge is 0.414 e. The first-order valence-electron chi connectivity index (χ1n) is 13.0. The molecule has 14 nitrogen and oxygen atoms in total. The van der Waals surface area contributed by atoms with Crippen molar-refractivity contribution in [2.45, 2.75) is 45.4 Å². The van der Waals surface area contributed by atoms with E-state index in [0.29, 0.717) is 43.0 Å². The minimum atomic E-state index is -0.625. The Morgan fingerprint density at radius 1 is 1.02 bits per heavy atom. The zero-order valence-electron chi connectivity index (χ0n) is 22.1. The van der Waals surface area contributed by atoms with Crippen molar-refractivity contribution in [1.29, 1.82) is 0 Å². The standard InChI is InChI=1S/C25H29FN8O6/c1-3-38-23(35)21-12-27-29-33(21)15-18-14-32(25(37)40-18)17-5-6-20(19(26)11-17)31-9-7-16(8-10-31)34-22(13-28-30-34)24(36)39-4-2/h5-6,11-13,16,18H,3-4,7-10,14-15H2,1-2H3/t18-/m1/s1. The van der Waals surface area contributed by atoms with Gasteiger partial charge in [0.1, 0.15) is 11.9 Å². The lowest BCUT2D eigenvalue weighted by molar-refractivity contribution is 0.0497. The number of aromatic nitrogens is 6. The molecule has 2 aliphatic heterocycles. The number of nitrogens with zero attached hydrogens (tertiary/aromatic N) is 8. The van der Waals surface area contributed by atoms with Gasteiger partial charge in [0.05, 0.1) is 56.1 Å². The fourth-order valence-corrected chi connectivity index (χ4v) is 4.91. The van der Waals surface area contributed by atoms with E-state index in [1.807, 2.05) is 4.90 Å². The van der Waals surface area contributed by atoms with Crippen LogP contribution in [-0.2, 0) is 20.8 Å². The summed E-state index contributed by atoms with van der Waals surface area (Å²) in [5.41, 5.74) is 1.22. The van der Waals surface area contributed by atoms with Crippen LogP contribution in [0.2, 0.25) is 0 Å². The number of piperidine rings is 1. The topological polar surface area (TPSA) is 147 Å². The van der Waals surface area contributed by atoms with Gasteiger partial charge in [-0.25, -0.2) is 28.1 Å². The third-order valence-electron chi connectivity index (χ3n) is 6.81. The lowest BCUT2D eigenvalue weighted by Crippen LogP contribution is -2.36. The van der Waals surface area contributed by atoms with Gasteiger partial charge in [-0.15, -0.1) is 10.2 Å². The number of hydrogen-bond acceptors (Lipinski definition) is 11. The van der Waals surface area contributed by atoms with Crippen LogP contribution in [0.5, 0.6) is 0 Å². The SMILES string of the molecule is CCOC(=O)c1cnnn1C[C@H]1CN(c2ccc(N3CCC(n4nncc4C(=O)OCC)CC3)c(F)c2)C(=O)O1. The molecule has 1 amide bonds. The molecule has 15 heteroatoms. The van der Waals surface area contributed by atoms with Crippen LogP contribution in [0.3, 0.4) is 0 Å². The highest BCUT2D eigenvalue weighted by Crippen LogP contribution is 2.32. The van der Waals surface area contributed by atoms with Crippen molar-refractivity contribution in [3.05, 3.63) is 47.8 Å². The third kappa shape index (κ3) is 5.44. The molecule has 2 saturated heterocycles. The van der Waals surface area contributed by atoms with Gasteiger partial charge >= 0.3 is 18.0 Å². The van der Waals surface area contributed by atoms with Crippen molar-refractivity contribution in [1.82, 2.24) is 30.0 Å². The largest absolute Gasteiger partial charge is 0.461 e. The molecule has 40 heavy (non-hydrogen) atoms. The Kier molecular flexibility index (Phi) is 7.89. The van der Waals surface area contributed by atoms with Gasteiger partial charge in [-0.05, 0) is 44.9 Å². The molecular formula is C25H29FN8O6. The number of rotatable bonds is 9. The zero-order valence-corrected chi connectivity index (χ0v) is 22.1. The van der Waals surface area contributed by atoms with Crippen molar-refractivity contribution in [3.63, 3.8) is 0 Å². The normalized spacial score (nSPS) is 17.7. The second-order valence-electron chi connectivity index (χ2n) is 9.28. The number of carbonyl (C=O) groups is 3. The quantitative estimate of drug-likeness (QED) is 0.282. The lowest BCUT2D eigenvalue weighted by atomic mass is 10.0. The fourth-order valence-electron chi connectivity index (χ4n) is 4.91. The number of benzene rings is 1. The van der Waals surface area contributed by atoms with Crippen LogP contribution >= 0.6 is 0 Å². The summed E-state index contributed by atoms with van der Waals surface area (Å²) in [5.74, 6) is -1.52. The third-order valence-corrected chi connectivity index (χ3v) is 6.81. The summed E-state index contributed by atoms with van der Waals surface area (Å²) in [7, 11) is 0. The van der Waals surface area contributed by atoms with Crippen LogP contribution < -0.4 is 9.80 Å². The molecule has 0 radical (unpaired) electrons. The molecule has 3 aromatic rings. The molecule has 4 heterocycles. The summed E-state index contributed by atoms with van der Waals surface area (Å²) >= 11 is 0. The van der Waals surface area contributed by atoms with Gasteiger partial charge < -0.3 is 19.1 Å². The predicted molar refractivity (Wildman–Crippen MR) is 136 cm³/mol. The van der Waals surface area contributed by atoms with Crippen molar-refractivity contribution < 1.29 is 33.0 Å². The Bertz CT molecular complexity index is 1390. The molecule has 0 spiro atoms. The van der Waals surface area contributed by atoms with E-state index >= 15 is 4.39 Å². The van der Waals surface area contributed by atoms with Gasteiger partial charge in [0.2, 0.25) is 0 Å². The maximum atomic E-state index is 15.3. The van der Waals surface area contributed by atoms with E-state index in [0.717, 1.165) is 0 Å². The highest BCUT2D eigenvalue weighted by atomic mass is 19.1. The monoisotopic (exact) mass is 556 g/mol. The van der Waals surface area contributed by atoms with Crippen LogP contribution in [0.25, 0.3) is 0 Å². The Balaban J connectivity index is 1.21. The van der Waals surface area contributed by atoms with Gasteiger partial charge in [0.25, 0.3) is 0 Å². The predicted octanol–water partition coefficient (Wildman–Crippen LogP) is 2.23. The molecule has 5 rings (SSSR count). The maximum Gasteiger partial charge on any atom is 0.414 e. The molecule has 2 fully saturated rings. The number of hydrogen-bond donors (Lipinski definition) is 0. The Morgan fingerprint density at radius 3 is 2.40 bits per heavy atom. The zero-order chi connectivity index (χ0) is 28.2. The van der Waals surface area contributed by atoms with Crippen molar-refractivity contribution in [2.24, 2.45) is 0 Å². The van der Waals surface area contributed by atoms with Crippen molar-refractivity contribution in [2.75, 3.05) is 42.6 Å². The molecule has 2 aromatic heterocycles. The van der Waals surface area contributed by atoms with Crippen LogP contribution in [0.4, 0.5) is 20.6 Å². The Morgan fingerprint density at radius 2 is 1.70 bits per heavy atom. The Labute approximate surface area is 228 Å². The summed E-state index contributed by atoms with van der Waals surface area (Å²) in [6.45, 7) is 5.20. The minimum Gasteiger partial charge on any atom is -0.461 e. The summed E-state index contributed by atoms with van der Waals surface area (Å²) in [5, 5.41) is 15.6. The molecule has 0 unspecified atom stereocenters. The van der Waals surface area contributed by atoms with Gasteiger partial charge in [-0.2, -0.15) is 0 Å². The lowest BCUT2D eigenvalue weighted by Gasteiger charge is -2.34. The number of esters is 2. The molecule has 1 atom stereocenters. The van der Waals surface area contributed by atoms with E-state index in [1.165, 1.54) is 28.0 Å². The van der Waals surface area contributed by atoms with E-state index in [2.05, 4.69) is 20.6 Å². The fraction of sp³-hybridized carbons (Fsp3) is 0.480. The number of amides is 1. The molecule has 0 bridgehead atoms.